The fraction of sp³-hybridized carbons (Fsp3) is 0.143. The zero-order chi connectivity index (χ0) is 13.9. The summed E-state index contributed by atoms with van der Waals surface area (Å²) in [6.45, 7) is 0. The van der Waals surface area contributed by atoms with Crippen LogP contribution in [-0.2, 0) is 5.75 Å². The van der Waals surface area contributed by atoms with Crippen LogP contribution in [0, 0.1) is 0 Å². The van der Waals surface area contributed by atoms with Gasteiger partial charge >= 0.3 is 0 Å². The van der Waals surface area contributed by atoms with Crippen molar-refractivity contribution in [3.63, 3.8) is 0 Å². The van der Waals surface area contributed by atoms with Crippen molar-refractivity contribution in [3.8, 4) is 0 Å². The van der Waals surface area contributed by atoms with Crippen LogP contribution in [0.4, 0.5) is 5.82 Å². The maximum atomic E-state index is 6.14. The highest BCUT2D eigenvalue weighted by Gasteiger charge is 2.09. The first-order chi connectivity index (χ1) is 9.76. The van der Waals surface area contributed by atoms with Gasteiger partial charge in [0.15, 0.2) is 5.58 Å². The second-order valence-corrected chi connectivity index (χ2v) is 5.44. The molecule has 0 atom stereocenters. The van der Waals surface area contributed by atoms with E-state index in [1.165, 1.54) is 11.8 Å². The molecule has 0 spiro atoms. The van der Waals surface area contributed by atoms with Gasteiger partial charge in [-0.2, -0.15) is 0 Å². The number of pyridine rings is 1. The van der Waals surface area contributed by atoms with Gasteiger partial charge in [0.1, 0.15) is 11.3 Å². The summed E-state index contributed by atoms with van der Waals surface area (Å²) in [5.41, 5.74) is 2.46. The second-order valence-electron chi connectivity index (χ2n) is 4.11. The highest BCUT2D eigenvalue weighted by Crippen LogP contribution is 2.28. The van der Waals surface area contributed by atoms with Crippen LogP contribution in [0.15, 0.2) is 46.0 Å². The van der Waals surface area contributed by atoms with Gasteiger partial charge in [0.05, 0.1) is 10.7 Å². The first-order valence-corrected chi connectivity index (χ1v) is 7.44. The number of halogens is 1. The van der Waals surface area contributed by atoms with E-state index in [1.807, 2.05) is 43.4 Å². The fourth-order valence-electron chi connectivity index (χ4n) is 1.77. The predicted molar refractivity (Wildman–Crippen MR) is 82.4 cm³/mol. The average Bonchev–Trinajstić information content (AvgIpc) is 2.89. The Morgan fingerprint density at radius 1 is 1.20 bits per heavy atom. The summed E-state index contributed by atoms with van der Waals surface area (Å²) in [5, 5.41) is 4.27. The van der Waals surface area contributed by atoms with E-state index in [2.05, 4.69) is 15.3 Å². The fourth-order valence-corrected chi connectivity index (χ4v) is 2.81. The minimum atomic E-state index is 0.612. The smallest absolute Gasteiger partial charge is 0.257 e. The minimum absolute atomic E-state index is 0.612. The molecule has 0 aliphatic carbocycles. The Morgan fingerprint density at radius 2 is 2.05 bits per heavy atom. The first-order valence-electron chi connectivity index (χ1n) is 6.08. The van der Waals surface area contributed by atoms with Crippen molar-refractivity contribution in [2.45, 2.75) is 11.0 Å². The number of fused-ring (bicyclic) bond motifs is 1. The quantitative estimate of drug-likeness (QED) is 0.732. The van der Waals surface area contributed by atoms with Gasteiger partial charge in [0.25, 0.3) is 5.22 Å². The summed E-state index contributed by atoms with van der Waals surface area (Å²) in [4.78, 5) is 8.84. The average molecular weight is 306 g/mol. The molecule has 0 amide bonds. The van der Waals surface area contributed by atoms with E-state index in [0.717, 1.165) is 22.6 Å². The van der Waals surface area contributed by atoms with Crippen LogP contribution < -0.4 is 5.32 Å². The molecule has 0 radical (unpaired) electrons. The normalized spacial score (nSPS) is 10.9. The van der Waals surface area contributed by atoms with E-state index >= 15 is 0 Å². The van der Waals surface area contributed by atoms with Gasteiger partial charge in [-0.25, -0.2) is 9.97 Å². The molecule has 0 saturated heterocycles. The second kappa shape index (κ2) is 5.73. The van der Waals surface area contributed by atoms with E-state index < -0.39 is 0 Å². The highest BCUT2D eigenvalue weighted by molar-refractivity contribution is 7.98. The number of nitrogens with zero attached hydrogens (tertiary/aromatic N) is 2. The molecule has 1 N–H and O–H groups in total. The van der Waals surface area contributed by atoms with Crippen molar-refractivity contribution in [2.75, 3.05) is 12.4 Å². The van der Waals surface area contributed by atoms with Crippen LogP contribution in [0.25, 0.3) is 11.1 Å². The van der Waals surface area contributed by atoms with Crippen LogP contribution in [0.1, 0.15) is 5.69 Å². The van der Waals surface area contributed by atoms with Crippen molar-refractivity contribution in [1.29, 1.82) is 0 Å². The van der Waals surface area contributed by atoms with Gasteiger partial charge in [-0.3, -0.25) is 0 Å². The van der Waals surface area contributed by atoms with Crippen molar-refractivity contribution in [3.05, 3.63) is 47.1 Å². The monoisotopic (exact) mass is 305 g/mol. The lowest BCUT2D eigenvalue weighted by molar-refractivity contribution is 0.489. The summed E-state index contributed by atoms with van der Waals surface area (Å²) in [6.07, 6.45) is 0. The predicted octanol–water partition coefficient (Wildman–Crippen LogP) is 4.21. The number of hydrogen-bond donors (Lipinski definition) is 1. The Kier molecular flexibility index (Phi) is 3.80. The highest BCUT2D eigenvalue weighted by atomic mass is 35.5. The molecule has 0 fully saturated rings. The molecule has 0 saturated carbocycles. The van der Waals surface area contributed by atoms with Gasteiger partial charge < -0.3 is 9.73 Å². The summed E-state index contributed by atoms with van der Waals surface area (Å²) >= 11 is 7.62. The molecule has 1 aromatic carbocycles. The van der Waals surface area contributed by atoms with E-state index in [0.29, 0.717) is 16.0 Å². The van der Waals surface area contributed by atoms with Crippen LogP contribution in [0.2, 0.25) is 5.02 Å². The van der Waals surface area contributed by atoms with E-state index in [9.17, 15) is 0 Å². The van der Waals surface area contributed by atoms with Crippen LogP contribution in [0.3, 0.4) is 0 Å². The molecular weight excluding hydrogens is 294 g/mol. The molecule has 0 unspecified atom stereocenters. The zero-order valence-corrected chi connectivity index (χ0v) is 12.3. The van der Waals surface area contributed by atoms with Crippen LogP contribution in [-0.4, -0.2) is 17.0 Å². The molecule has 102 valence electrons. The summed E-state index contributed by atoms with van der Waals surface area (Å²) < 4.78 is 5.65. The third kappa shape index (κ3) is 2.73. The number of thioether (sulfide) groups is 1. The molecule has 3 rings (SSSR count). The van der Waals surface area contributed by atoms with Gasteiger partial charge in [-0.1, -0.05) is 35.5 Å². The standard InChI is InChI=1S/C14H12ClN3OS/c1-16-13-7-6-9(15)11(17-13)8-20-14-18-10-4-2-3-5-12(10)19-14/h2-7H,8H2,1H3,(H,16,17). The van der Waals surface area contributed by atoms with E-state index in [-0.39, 0.29) is 0 Å². The lowest BCUT2D eigenvalue weighted by Crippen LogP contribution is -1.96. The molecule has 2 heterocycles. The third-order valence-electron chi connectivity index (χ3n) is 2.78. The number of hydrogen-bond acceptors (Lipinski definition) is 5. The number of nitrogens with one attached hydrogen (secondary N) is 1. The molecule has 4 nitrogen and oxygen atoms in total. The number of oxazole rings is 1. The van der Waals surface area contributed by atoms with Gasteiger partial charge in [-0.15, -0.1) is 0 Å². The van der Waals surface area contributed by atoms with Crippen molar-refractivity contribution >= 4 is 40.3 Å². The van der Waals surface area contributed by atoms with Crippen molar-refractivity contribution in [2.24, 2.45) is 0 Å². The number of para-hydroxylation sites is 2. The summed E-state index contributed by atoms with van der Waals surface area (Å²) in [5.74, 6) is 1.41. The maximum Gasteiger partial charge on any atom is 0.257 e. The lowest BCUT2D eigenvalue weighted by atomic mass is 10.3. The molecular formula is C14H12ClN3OS. The molecule has 20 heavy (non-hydrogen) atoms. The Balaban J connectivity index is 1.79. The van der Waals surface area contributed by atoms with Crippen LogP contribution in [0.5, 0.6) is 0 Å². The van der Waals surface area contributed by atoms with Gasteiger partial charge in [-0.05, 0) is 24.3 Å². The number of anilines is 1. The molecule has 6 heteroatoms. The van der Waals surface area contributed by atoms with Crippen molar-refractivity contribution < 1.29 is 4.42 Å². The maximum absolute atomic E-state index is 6.14. The molecule has 0 aliphatic rings. The zero-order valence-electron chi connectivity index (χ0n) is 10.8. The first kappa shape index (κ1) is 13.3. The van der Waals surface area contributed by atoms with E-state index in [1.54, 1.807) is 0 Å². The topological polar surface area (TPSA) is 51.0 Å². The third-order valence-corrected chi connectivity index (χ3v) is 3.96. The number of benzene rings is 1. The Bertz CT molecular complexity index is 711. The number of aromatic nitrogens is 2. The summed E-state index contributed by atoms with van der Waals surface area (Å²) in [7, 11) is 1.83. The van der Waals surface area contributed by atoms with Crippen LogP contribution >= 0.6 is 23.4 Å². The van der Waals surface area contributed by atoms with Crippen molar-refractivity contribution in [1.82, 2.24) is 9.97 Å². The Hall–Kier alpha value is -1.72. The largest absolute Gasteiger partial charge is 0.431 e. The summed E-state index contributed by atoms with van der Waals surface area (Å²) in [6, 6.07) is 11.4. The van der Waals surface area contributed by atoms with E-state index in [4.69, 9.17) is 16.0 Å². The molecule has 0 aliphatic heterocycles. The van der Waals surface area contributed by atoms with Gasteiger partial charge in [0.2, 0.25) is 0 Å². The lowest BCUT2D eigenvalue weighted by Gasteiger charge is -2.04. The van der Waals surface area contributed by atoms with Gasteiger partial charge in [0, 0.05) is 12.8 Å². The SMILES string of the molecule is CNc1ccc(Cl)c(CSc2nc3ccccc3o2)n1. The molecule has 3 aromatic rings. The molecule has 2 aromatic heterocycles. The minimum Gasteiger partial charge on any atom is -0.431 e. The molecule has 0 bridgehead atoms. The number of rotatable bonds is 4. The Morgan fingerprint density at radius 3 is 2.85 bits per heavy atom. The Labute approximate surface area is 125 Å².